The highest BCUT2D eigenvalue weighted by Crippen LogP contribution is 2.17. The molecule has 5 heteroatoms. The van der Waals surface area contributed by atoms with Crippen molar-refractivity contribution in [3.63, 3.8) is 0 Å². The molecule has 1 heterocycles. The number of rotatable bonds is 5. The molecule has 3 N–H and O–H groups in total. The van der Waals surface area contributed by atoms with Crippen molar-refractivity contribution < 1.29 is 14.3 Å². The smallest absolute Gasteiger partial charge is 0.226 e. The lowest BCUT2D eigenvalue weighted by atomic mass is 10.1. The fourth-order valence-corrected chi connectivity index (χ4v) is 1.98. The maximum absolute atomic E-state index is 11.7. The number of hydrogen-bond acceptors (Lipinski definition) is 4. The Morgan fingerprint density at radius 1 is 1.37 bits per heavy atom. The Morgan fingerprint density at radius 3 is 2.84 bits per heavy atom. The quantitative estimate of drug-likeness (QED) is 0.795. The van der Waals surface area contributed by atoms with Crippen molar-refractivity contribution in [1.82, 2.24) is 0 Å². The van der Waals surface area contributed by atoms with Gasteiger partial charge in [0.15, 0.2) is 0 Å². The normalized spacial score (nSPS) is 16.2. The molecule has 1 aliphatic heterocycles. The molecular formula is C14H20N2O3. The predicted octanol–water partition coefficient (Wildman–Crippen LogP) is 1.79. The van der Waals surface area contributed by atoms with Crippen LogP contribution in [-0.4, -0.2) is 31.8 Å². The molecule has 1 aromatic carbocycles. The summed E-state index contributed by atoms with van der Waals surface area (Å²) in [5.41, 5.74) is 6.98. The molecular weight excluding hydrogens is 244 g/mol. The number of hydrogen-bond donors (Lipinski definition) is 2. The van der Waals surface area contributed by atoms with E-state index in [1.54, 1.807) is 12.1 Å². The molecule has 0 bridgehead atoms. The predicted molar refractivity (Wildman–Crippen MR) is 73.9 cm³/mol. The first-order valence-corrected chi connectivity index (χ1v) is 6.59. The number of benzene rings is 1. The van der Waals surface area contributed by atoms with E-state index in [0.29, 0.717) is 24.4 Å². The van der Waals surface area contributed by atoms with Gasteiger partial charge in [-0.2, -0.15) is 0 Å². The van der Waals surface area contributed by atoms with Gasteiger partial charge in [-0.25, -0.2) is 0 Å². The molecule has 0 saturated carbocycles. The fourth-order valence-electron chi connectivity index (χ4n) is 1.98. The van der Waals surface area contributed by atoms with Crippen molar-refractivity contribution in [2.45, 2.75) is 25.4 Å². The van der Waals surface area contributed by atoms with Crippen LogP contribution in [0.4, 0.5) is 11.4 Å². The minimum absolute atomic E-state index is 0.0787. The third-order valence-corrected chi connectivity index (χ3v) is 3.09. The van der Waals surface area contributed by atoms with Crippen LogP contribution in [0.5, 0.6) is 0 Å². The second-order valence-corrected chi connectivity index (χ2v) is 4.57. The summed E-state index contributed by atoms with van der Waals surface area (Å²) in [5, 5.41) is 2.78. The van der Waals surface area contributed by atoms with Gasteiger partial charge in [-0.15, -0.1) is 0 Å². The molecule has 1 fully saturated rings. The van der Waals surface area contributed by atoms with Crippen molar-refractivity contribution >= 4 is 17.3 Å². The average molecular weight is 264 g/mol. The summed E-state index contributed by atoms with van der Waals surface area (Å²) >= 11 is 0. The second kappa shape index (κ2) is 7.11. The Morgan fingerprint density at radius 2 is 2.11 bits per heavy atom. The molecule has 5 nitrogen and oxygen atoms in total. The summed E-state index contributed by atoms with van der Waals surface area (Å²) < 4.78 is 10.9. The number of ether oxygens (including phenoxy) is 2. The summed E-state index contributed by atoms with van der Waals surface area (Å²) in [5.74, 6) is -0.0787. The number of carbonyl (C=O) groups is 1. The largest absolute Gasteiger partial charge is 0.397 e. The summed E-state index contributed by atoms with van der Waals surface area (Å²) in [6.07, 6.45) is 2.38. The van der Waals surface area contributed by atoms with Crippen LogP contribution in [-0.2, 0) is 14.3 Å². The summed E-state index contributed by atoms with van der Waals surface area (Å²) in [6.45, 7) is 1.93. The molecule has 1 aromatic rings. The van der Waals surface area contributed by atoms with Crippen LogP contribution in [0.3, 0.4) is 0 Å². The maximum Gasteiger partial charge on any atom is 0.226 e. The highest BCUT2D eigenvalue weighted by atomic mass is 16.5. The standard InChI is InChI=1S/C14H20N2O3/c15-12-3-1-2-4-13(12)16-14(17)7-10-19-11-5-8-18-9-6-11/h1-4,11H,5-10,15H2,(H,16,17). The Kier molecular flexibility index (Phi) is 5.18. The molecule has 0 unspecified atom stereocenters. The highest BCUT2D eigenvalue weighted by Gasteiger charge is 2.14. The Balaban J connectivity index is 1.68. The van der Waals surface area contributed by atoms with Gasteiger partial charge in [-0.1, -0.05) is 12.1 Å². The van der Waals surface area contributed by atoms with Crippen LogP contribution in [0, 0.1) is 0 Å². The van der Waals surface area contributed by atoms with Gasteiger partial charge >= 0.3 is 0 Å². The molecule has 2 rings (SSSR count). The van der Waals surface area contributed by atoms with Crippen molar-refractivity contribution in [3.8, 4) is 0 Å². The monoisotopic (exact) mass is 264 g/mol. The van der Waals surface area contributed by atoms with E-state index in [0.717, 1.165) is 26.1 Å². The third-order valence-electron chi connectivity index (χ3n) is 3.09. The van der Waals surface area contributed by atoms with Crippen LogP contribution >= 0.6 is 0 Å². The SMILES string of the molecule is Nc1ccccc1NC(=O)CCOC1CCOCC1. The first-order chi connectivity index (χ1) is 9.25. The Bertz CT molecular complexity index is 417. The molecule has 1 aliphatic rings. The van der Waals surface area contributed by atoms with E-state index >= 15 is 0 Å². The highest BCUT2D eigenvalue weighted by molar-refractivity contribution is 5.93. The molecule has 0 aliphatic carbocycles. The van der Waals surface area contributed by atoms with Gasteiger partial charge in [0.1, 0.15) is 0 Å². The Labute approximate surface area is 113 Å². The minimum atomic E-state index is -0.0787. The number of para-hydroxylation sites is 2. The summed E-state index contributed by atoms with van der Waals surface area (Å²) in [6, 6.07) is 7.21. The number of anilines is 2. The van der Waals surface area contributed by atoms with Crippen LogP contribution in [0.2, 0.25) is 0 Å². The van der Waals surface area contributed by atoms with Gasteiger partial charge in [0.05, 0.1) is 30.5 Å². The van der Waals surface area contributed by atoms with E-state index in [9.17, 15) is 4.79 Å². The van der Waals surface area contributed by atoms with E-state index in [1.807, 2.05) is 12.1 Å². The van der Waals surface area contributed by atoms with Crippen molar-refractivity contribution in [3.05, 3.63) is 24.3 Å². The van der Waals surface area contributed by atoms with E-state index < -0.39 is 0 Å². The second-order valence-electron chi connectivity index (χ2n) is 4.57. The van der Waals surface area contributed by atoms with Gasteiger partial charge in [-0.05, 0) is 25.0 Å². The molecule has 1 saturated heterocycles. The lowest BCUT2D eigenvalue weighted by molar-refractivity contribution is -0.118. The zero-order chi connectivity index (χ0) is 13.5. The van der Waals surface area contributed by atoms with Gasteiger partial charge in [0, 0.05) is 13.2 Å². The zero-order valence-electron chi connectivity index (χ0n) is 10.9. The molecule has 19 heavy (non-hydrogen) atoms. The van der Waals surface area contributed by atoms with Crippen LogP contribution in [0.25, 0.3) is 0 Å². The van der Waals surface area contributed by atoms with E-state index in [1.165, 1.54) is 0 Å². The Hall–Kier alpha value is -1.59. The van der Waals surface area contributed by atoms with E-state index in [4.69, 9.17) is 15.2 Å². The van der Waals surface area contributed by atoms with Crippen LogP contribution < -0.4 is 11.1 Å². The first kappa shape index (κ1) is 13.8. The fraction of sp³-hybridized carbons (Fsp3) is 0.500. The van der Waals surface area contributed by atoms with Gasteiger partial charge in [-0.3, -0.25) is 4.79 Å². The van der Waals surface area contributed by atoms with Crippen LogP contribution in [0.1, 0.15) is 19.3 Å². The van der Waals surface area contributed by atoms with Crippen LogP contribution in [0.15, 0.2) is 24.3 Å². The maximum atomic E-state index is 11.7. The number of nitrogens with two attached hydrogens (primary N) is 1. The minimum Gasteiger partial charge on any atom is -0.397 e. The first-order valence-electron chi connectivity index (χ1n) is 6.59. The molecule has 0 radical (unpaired) electrons. The zero-order valence-corrected chi connectivity index (χ0v) is 10.9. The number of amides is 1. The van der Waals surface area contributed by atoms with Crippen molar-refractivity contribution in [2.75, 3.05) is 30.9 Å². The number of nitrogen functional groups attached to an aromatic ring is 1. The molecule has 104 valence electrons. The summed E-state index contributed by atoms with van der Waals surface area (Å²) in [4.78, 5) is 11.7. The topological polar surface area (TPSA) is 73.6 Å². The molecule has 0 spiro atoms. The lowest BCUT2D eigenvalue weighted by Crippen LogP contribution is -2.25. The molecule has 0 atom stereocenters. The molecule has 0 aromatic heterocycles. The lowest BCUT2D eigenvalue weighted by Gasteiger charge is -2.22. The van der Waals surface area contributed by atoms with Gasteiger partial charge in [0.25, 0.3) is 0 Å². The average Bonchev–Trinajstić information content (AvgIpc) is 2.43. The number of nitrogens with one attached hydrogen (secondary N) is 1. The van der Waals surface area contributed by atoms with Gasteiger partial charge in [0.2, 0.25) is 5.91 Å². The van der Waals surface area contributed by atoms with E-state index in [2.05, 4.69) is 5.32 Å². The number of carbonyl (C=O) groups excluding carboxylic acids is 1. The van der Waals surface area contributed by atoms with Gasteiger partial charge < -0.3 is 20.5 Å². The molecule has 1 amide bonds. The van der Waals surface area contributed by atoms with Crippen molar-refractivity contribution in [1.29, 1.82) is 0 Å². The third kappa shape index (κ3) is 4.54. The summed E-state index contributed by atoms with van der Waals surface area (Å²) in [7, 11) is 0. The van der Waals surface area contributed by atoms with Crippen molar-refractivity contribution in [2.24, 2.45) is 0 Å². The van der Waals surface area contributed by atoms with E-state index in [-0.39, 0.29) is 12.0 Å².